The molecule has 0 heterocycles. The molecule has 0 saturated heterocycles. The van der Waals surface area contributed by atoms with E-state index in [1.807, 2.05) is 6.92 Å². The first-order chi connectivity index (χ1) is 9.56. The molecule has 1 aliphatic carbocycles. The van der Waals surface area contributed by atoms with Gasteiger partial charge in [-0.1, -0.05) is 6.92 Å². The van der Waals surface area contributed by atoms with Gasteiger partial charge >= 0.3 is 12.0 Å². The maximum Gasteiger partial charge on any atom is 0.315 e. The number of carbonyl (C=O) groups excluding carboxylic acids is 1. The Morgan fingerprint density at radius 2 is 1.95 bits per heavy atom. The van der Waals surface area contributed by atoms with E-state index in [2.05, 4.69) is 10.6 Å². The van der Waals surface area contributed by atoms with E-state index in [1.54, 1.807) is 7.11 Å². The molecule has 6 heteroatoms. The number of nitrogens with one attached hydrogen (secondary N) is 2. The van der Waals surface area contributed by atoms with Crippen LogP contribution in [0, 0.1) is 11.8 Å². The van der Waals surface area contributed by atoms with Crippen molar-refractivity contribution in [1.82, 2.24) is 10.6 Å². The van der Waals surface area contributed by atoms with Gasteiger partial charge in [0.1, 0.15) is 0 Å². The second-order valence-electron chi connectivity index (χ2n) is 5.47. The van der Waals surface area contributed by atoms with Crippen molar-refractivity contribution < 1.29 is 19.4 Å². The third-order valence-electron chi connectivity index (χ3n) is 3.94. The van der Waals surface area contributed by atoms with Gasteiger partial charge in [-0.15, -0.1) is 0 Å². The molecule has 20 heavy (non-hydrogen) atoms. The number of hydrogen-bond donors (Lipinski definition) is 3. The molecule has 1 fully saturated rings. The Morgan fingerprint density at radius 1 is 1.30 bits per heavy atom. The zero-order valence-corrected chi connectivity index (χ0v) is 12.4. The number of amides is 2. The summed E-state index contributed by atoms with van der Waals surface area (Å²) in [5.41, 5.74) is 0. The normalized spacial score (nSPS) is 23.9. The number of methoxy groups -OCH3 is 1. The van der Waals surface area contributed by atoms with Crippen molar-refractivity contribution in [3.63, 3.8) is 0 Å². The summed E-state index contributed by atoms with van der Waals surface area (Å²) in [6.07, 6.45) is 3.99. The number of hydrogen-bond acceptors (Lipinski definition) is 3. The van der Waals surface area contributed by atoms with Gasteiger partial charge in [-0.3, -0.25) is 4.79 Å². The van der Waals surface area contributed by atoms with Gasteiger partial charge < -0.3 is 20.5 Å². The number of ether oxygens (including phenoxy) is 1. The van der Waals surface area contributed by atoms with Crippen LogP contribution in [0.3, 0.4) is 0 Å². The number of carboxylic acid groups (broad SMARTS) is 1. The number of carbonyl (C=O) groups is 2. The molecule has 1 atom stereocenters. The Kier molecular flexibility index (Phi) is 7.36. The average molecular weight is 286 g/mol. The molecule has 3 N–H and O–H groups in total. The van der Waals surface area contributed by atoms with Crippen molar-refractivity contribution in [2.24, 2.45) is 11.8 Å². The van der Waals surface area contributed by atoms with E-state index in [9.17, 15) is 9.59 Å². The summed E-state index contributed by atoms with van der Waals surface area (Å²) in [5.74, 6) is -0.510. The number of urea groups is 1. The maximum absolute atomic E-state index is 11.7. The minimum Gasteiger partial charge on any atom is -0.481 e. The van der Waals surface area contributed by atoms with E-state index in [-0.39, 0.29) is 18.0 Å². The summed E-state index contributed by atoms with van der Waals surface area (Å²) in [5, 5.41) is 14.7. The highest BCUT2D eigenvalue weighted by atomic mass is 16.5. The largest absolute Gasteiger partial charge is 0.481 e. The van der Waals surface area contributed by atoms with E-state index < -0.39 is 5.97 Å². The molecule has 1 aliphatic rings. The quantitative estimate of drug-likeness (QED) is 0.663. The lowest BCUT2D eigenvalue weighted by molar-refractivity contribution is -0.143. The summed E-state index contributed by atoms with van der Waals surface area (Å²) in [6, 6.07) is -0.142. The van der Waals surface area contributed by atoms with Gasteiger partial charge in [0.25, 0.3) is 0 Å². The topological polar surface area (TPSA) is 87.7 Å². The molecule has 0 aliphatic heterocycles. The summed E-state index contributed by atoms with van der Waals surface area (Å²) < 4.78 is 5.03. The third kappa shape index (κ3) is 5.77. The lowest BCUT2D eigenvalue weighted by Crippen LogP contribution is -2.45. The Morgan fingerprint density at radius 3 is 2.45 bits per heavy atom. The molecule has 0 radical (unpaired) electrons. The van der Waals surface area contributed by atoms with Gasteiger partial charge in [0.2, 0.25) is 0 Å². The van der Waals surface area contributed by atoms with Crippen LogP contribution in [0.5, 0.6) is 0 Å². The zero-order chi connectivity index (χ0) is 15.0. The first kappa shape index (κ1) is 16.8. The molecule has 116 valence electrons. The molecular weight excluding hydrogens is 260 g/mol. The van der Waals surface area contributed by atoms with Crippen molar-refractivity contribution in [3.8, 4) is 0 Å². The fraction of sp³-hybridized carbons (Fsp3) is 0.857. The van der Waals surface area contributed by atoms with Crippen LogP contribution in [0.4, 0.5) is 4.79 Å². The van der Waals surface area contributed by atoms with Gasteiger partial charge in [-0.05, 0) is 38.0 Å². The van der Waals surface area contributed by atoms with E-state index in [4.69, 9.17) is 9.84 Å². The number of aliphatic carboxylic acids is 1. The SMILES string of the molecule is CCC(COC)NC(=O)NCC1CCC(C(=O)O)CC1. The summed E-state index contributed by atoms with van der Waals surface area (Å²) >= 11 is 0. The molecule has 1 saturated carbocycles. The van der Waals surface area contributed by atoms with Gasteiger partial charge in [-0.2, -0.15) is 0 Å². The fourth-order valence-corrected chi connectivity index (χ4v) is 2.55. The van der Waals surface area contributed by atoms with Crippen LogP contribution in [0.1, 0.15) is 39.0 Å². The van der Waals surface area contributed by atoms with Crippen molar-refractivity contribution in [3.05, 3.63) is 0 Å². The Balaban J connectivity index is 2.20. The molecule has 1 rings (SSSR count). The Hall–Kier alpha value is -1.30. The van der Waals surface area contributed by atoms with Crippen molar-refractivity contribution in [2.75, 3.05) is 20.3 Å². The van der Waals surface area contributed by atoms with Gasteiger partial charge in [0.05, 0.1) is 18.6 Å². The van der Waals surface area contributed by atoms with E-state index in [0.29, 0.717) is 31.9 Å². The molecule has 1 unspecified atom stereocenters. The summed E-state index contributed by atoms with van der Waals surface area (Å²) in [4.78, 5) is 22.6. The standard InChI is InChI=1S/C14H26N2O4/c1-3-12(9-20-2)16-14(19)15-8-10-4-6-11(7-5-10)13(17)18/h10-12H,3-9H2,1-2H3,(H,17,18)(H2,15,16,19). The second-order valence-corrected chi connectivity index (χ2v) is 5.47. The maximum atomic E-state index is 11.7. The van der Waals surface area contributed by atoms with Gasteiger partial charge in [-0.25, -0.2) is 4.79 Å². The lowest BCUT2D eigenvalue weighted by Gasteiger charge is -2.26. The lowest BCUT2D eigenvalue weighted by atomic mass is 9.82. The zero-order valence-electron chi connectivity index (χ0n) is 12.4. The monoisotopic (exact) mass is 286 g/mol. The van der Waals surface area contributed by atoms with Gasteiger partial charge in [0.15, 0.2) is 0 Å². The second kappa shape index (κ2) is 8.79. The van der Waals surface area contributed by atoms with Gasteiger partial charge in [0, 0.05) is 13.7 Å². The Labute approximate surface area is 120 Å². The molecule has 2 amide bonds. The predicted molar refractivity (Wildman–Crippen MR) is 75.6 cm³/mol. The number of carboxylic acids is 1. The minimum absolute atomic E-state index is 0.0303. The average Bonchev–Trinajstić information content (AvgIpc) is 2.45. The Bertz CT molecular complexity index is 314. The van der Waals surface area contributed by atoms with Crippen molar-refractivity contribution in [1.29, 1.82) is 0 Å². The first-order valence-electron chi connectivity index (χ1n) is 7.32. The van der Waals surface area contributed by atoms with Crippen LogP contribution in [0.25, 0.3) is 0 Å². The molecule has 0 spiro atoms. The fourth-order valence-electron chi connectivity index (χ4n) is 2.55. The summed E-state index contributed by atoms with van der Waals surface area (Å²) in [7, 11) is 1.61. The van der Waals surface area contributed by atoms with E-state index in [1.165, 1.54) is 0 Å². The van der Waals surface area contributed by atoms with E-state index >= 15 is 0 Å². The van der Waals surface area contributed by atoms with E-state index in [0.717, 1.165) is 19.3 Å². The smallest absolute Gasteiger partial charge is 0.315 e. The molecule has 0 aromatic heterocycles. The van der Waals surface area contributed by atoms with Crippen LogP contribution < -0.4 is 10.6 Å². The predicted octanol–water partition coefficient (Wildman–Crippen LogP) is 1.60. The first-order valence-corrected chi connectivity index (χ1v) is 7.32. The molecular formula is C14H26N2O4. The molecule has 6 nitrogen and oxygen atoms in total. The molecule has 0 aromatic carbocycles. The summed E-state index contributed by atoms with van der Waals surface area (Å²) in [6.45, 7) is 3.12. The highest BCUT2D eigenvalue weighted by Crippen LogP contribution is 2.28. The van der Waals surface area contributed by atoms with Crippen LogP contribution in [-0.4, -0.2) is 43.4 Å². The third-order valence-corrected chi connectivity index (χ3v) is 3.94. The number of rotatable bonds is 7. The minimum atomic E-state index is -0.695. The molecule has 0 aromatic rings. The van der Waals surface area contributed by atoms with Crippen molar-refractivity contribution >= 4 is 12.0 Å². The highest BCUT2D eigenvalue weighted by molar-refractivity contribution is 5.74. The van der Waals surface area contributed by atoms with Crippen molar-refractivity contribution in [2.45, 2.75) is 45.1 Å². The molecule has 0 bridgehead atoms. The van der Waals surface area contributed by atoms with Crippen LogP contribution in [0.15, 0.2) is 0 Å². The van der Waals surface area contributed by atoms with Crippen LogP contribution >= 0.6 is 0 Å². The van der Waals surface area contributed by atoms with Crippen LogP contribution in [0.2, 0.25) is 0 Å². The van der Waals surface area contributed by atoms with Crippen LogP contribution in [-0.2, 0) is 9.53 Å². The highest BCUT2D eigenvalue weighted by Gasteiger charge is 2.26.